The lowest BCUT2D eigenvalue weighted by molar-refractivity contribution is -0.138. The molecule has 1 heterocycles. The summed E-state index contributed by atoms with van der Waals surface area (Å²) in [5.41, 5.74) is 0.887. The van der Waals surface area contributed by atoms with E-state index in [-0.39, 0.29) is 19.6 Å². The van der Waals surface area contributed by atoms with Crippen LogP contribution in [0.4, 0.5) is 13.2 Å². The smallest absolute Gasteiger partial charge is 0.389 e. The SMILES string of the molecule is Cc1oc(CNC(C)C)cc1COCCCC(F)(F)F. The van der Waals surface area contributed by atoms with E-state index in [4.69, 9.17) is 9.15 Å². The molecule has 0 amide bonds. The van der Waals surface area contributed by atoms with Crippen molar-refractivity contribution in [3.8, 4) is 0 Å². The number of rotatable bonds is 8. The molecule has 0 saturated heterocycles. The maximum absolute atomic E-state index is 11.9. The van der Waals surface area contributed by atoms with Gasteiger partial charge in [-0.15, -0.1) is 0 Å². The second kappa shape index (κ2) is 7.69. The number of halogens is 3. The number of nitrogens with one attached hydrogen (secondary N) is 1. The van der Waals surface area contributed by atoms with Crippen LogP contribution in [0, 0.1) is 6.92 Å². The summed E-state index contributed by atoms with van der Waals surface area (Å²) in [5.74, 6) is 1.56. The van der Waals surface area contributed by atoms with E-state index in [0.29, 0.717) is 12.6 Å². The van der Waals surface area contributed by atoms with Crippen LogP contribution < -0.4 is 5.32 Å². The highest BCUT2D eigenvalue weighted by Gasteiger charge is 2.25. The van der Waals surface area contributed by atoms with Crippen LogP contribution in [0.25, 0.3) is 0 Å². The predicted molar refractivity (Wildman–Crippen MR) is 70.4 cm³/mol. The molecule has 20 heavy (non-hydrogen) atoms. The highest BCUT2D eigenvalue weighted by molar-refractivity contribution is 5.19. The molecule has 0 aliphatic rings. The Labute approximate surface area is 117 Å². The summed E-state index contributed by atoms with van der Waals surface area (Å²) in [4.78, 5) is 0. The van der Waals surface area contributed by atoms with E-state index < -0.39 is 12.6 Å². The largest absolute Gasteiger partial charge is 0.465 e. The molecule has 0 aromatic carbocycles. The van der Waals surface area contributed by atoms with Crippen molar-refractivity contribution >= 4 is 0 Å². The standard InChI is InChI=1S/C14H22F3NO2/c1-10(2)18-8-13-7-12(11(3)20-13)9-19-6-4-5-14(15,16)17/h7,10,18H,4-6,8-9H2,1-3H3. The van der Waals surface area contributed by atoms with E-state index in [1.54, 1.807) is 0 Å². The summed E-state index contributed by atoms with van der Waals surface area (Å²) in [5, 5.41) is 3.24. The maximum atomic E-state index is 11.9. The van der Waals surface area contributed by atoms with Gasteiger partial charge in [0.2, 0.25) is 0 Å². The topological polar surface area (TPSA) is 34.4 Å². The number of alkyl halides is 3. The van der Waals surface area contributed by atoms with Crippen LogP contribution in [0.2, 0.25) is 0 Å². The zero-order valence-corrected chi connectivity index (χ0v) is 12.1. The van der Waals surface area contributed by atoms with Crippen molar-refractivity contribution in [3.05, 3.63) is 23.2 Å². The molecule has 0 bridgehead atoms. The fourth-order valence-electron chi connectivity index (χ4n) is 1.68. The normalized spacial score (nSPS) is 12.3. The average molecular weight is 293 g/mol. The summed E-state index contributed by atoms with van der Waals surface area (Å²) >= 11 is 0. The van der Waals surface area contributed by atoms with Gasteiger partial charge >= 0.3 is 6.18 Å². The molecule has 0 fully saturated rings. The highest BCUT2D eigenvalue weighted by Crippen LogP contribution is 2.21. The van der Waals surface area contributed by atoms with Gasteiger partial charge < -0.3 is 14.5 Å². The minimum absolute atomic E-state index is 0.0117. The lowest BCUT2D eigenvalue weighted by atomic mass is 10.2. The van der Waals surface area contributed by atoms with Crippen LogP contribution in [0.5, 0.6) is 0 Å². The zero-order chi connectivity index (χ0) is 15.2. The van der Waals surface area contributed by atoms with Gasteiger partial charge in [0.1, 0.15) is 11.5 Å². The number of hydrogen-bond acceptors (Lipinski definition) is 3. The van der Waals surface area contributed by atoms with Crippen LogP contribution in [-0.4, -0.2) is 18.8 Å². The zero-order valence-electron chi connectivity index (χ0n) is 12.1. The lowest BCUT2D eigenvalue weighted by Crippen LogP contribution is -2.21. The summed E-state index contributed by atoms with van der Waals surface area (Å²) in [6.45, 7) is 6.93. The summed E-state index contributed by atoms with van der Waals surface area (Å²) in [6.07, 6.45) is -4.92. The number of aryl methyl sites for hydroxylation is 1. The molecule has 3 nitrogen and oxygen atoms in total. The second-order valence-electron chi connectivity index (χ2n) is 5.10. The molecule has 0 aliphatic carbocycles. The third-order valence-electron chi connectivity index (χ3n) is 2.76. The van der Waals surface area contributed by atoms with Gasteiger partial charge in [0.15, 0.2) is 0 Å². The quantitative estimate of drug-likeness (QED) is 0.737. The third-order valence-corrected chi connectivity index (χ3v) is 2.76. The van der Waals surface area contributed by atoms with Gasteiger partial charge in [-0.05, 0) is 19.4 Å². The van der Waals surface area contributed by atoms with Crippen LogP contribution in [0.1, 0.15) is 43.8 Å². The van der Waals surface area contributed by atoms with Crippen molar-refractivity contribution in [2.75, 3.05) is 6.61 Å². The van der Waals surface area contributed by atoms with E-state index >= 15 is 0 Å². The van der Waals surface area contributed by atoms with E-state index in [2.05, 4.69) is 5.32 Å². The molecule has 6 heteroatoms. The van der Waals surface area contributed by atoms with Crippen molar-refractivity contribution in [2.24, 2.45) is 0 Å². The van der Waals surface area contributed by atoms with Crippen molar-refractivity contribution in [3.63, 3.8) is 0 Å². The third kappa shape index (κ3) is 6.96. The maximum Gasteiger partial charge on any atom is 0.389 e. The molecular formula is C14H22F3NO2. The molecule has 1 aromatic heterocycles. The summed E-state index contributed by atoms with van der Waals surface area (Å²) in [6, 6.07) is 2.25. The van der Waals surface area contributed by atoms with E-state index in [9.17, 15) is 13.2 Å². The molecule has 0 aliphatic heterocycles. The first-order valence-corrected chi connectivity index (χ1v) is 6.74. The Balaban J connectivity index is 2.30. The Bertz CT molecular complexity index is 400. The Kier molecular flexibility index (Phi) is 6.55. The van der Waals surface area contributed by atoms with Crippen LogP contribution in [0.15, 0.2) is 10.5 Å². The van der Waals surface area contributed by atoms with Crippen molar-refractivity contribution in [2.45, 2.75) is 59.0 Å². The molecule has 0 atom stereocenters. The first-order valence-electron chi connectivity index (χ1n) is 6.74. The molecule has 0 unspecified atom stereocenters. The minimum Gasteiger partial charge on any atom is -0.465 e. The lowest BCUT2D eigenvalue weighted by Gasteiger charge is -2.06. The molecule has 1 rings (SSSR count). The number of ether oxygens (including phenoxy) is 1. The second-order valence-corrected chi connectivity index (χ2v) is 5.10. The first kappa shape index (κ1) is 17.0. The van der Waals surface area contributed by atoms with E-state index in [1.807, 2.05) is 26.8 Å². The fraction of sp³-hybridized carbons (Fsp3) is 0.714. The van der Waals surface area contributed by atoms with Gasteiger partial charge in [-0.25, -0.2) is 0 Å². The molecule has 1 N–H and O–H groups in total. The van der Waals surface area contributed by atoms with Crippen molar-refractivity contribution in [1.82, 2.24) is 5.32 Å². The Hall–Kier alpha value is -1.01. The van der Waals surface area contributed by atoms with E-state index in [1.165, 1.54) is 0 Å². The Morgan fingerprint density at radius 1 is 1.35 bits per heavy atom. The minimum atomic E-state index is -4.11. The predicted octanol–water partition coefficient (Wildman–Crippen LogP) is 3.95. The van der Waals surface area contributed by atoms with Crippen LogP contribution in [-0.2, 0) is 17.9 Å². The molecule has 0 saturated carbocycles. The Morgan fingerprint density at radius 3 is 2.65 bits per heavy atom. The summed E-state index contributed by atoms with van der Waals surface area (Å²) in [7, 11) is 0. The van der Waals surface area contributed by atoms with Crippen molar-refractivity contribution in [1.29, 1.82) is 0 Å². The molecule has 1 aromatic rings. The van der Waals surface area contributed by atoms with Gasteiger partial charge in [-0.1, -0.05) is 13.8 Å². The molecular weight excluding hydrogens is 271 g/mol. The van der Waals surface area contributed by atoms with Crippen molar-refractivity contribution < 1.29 is 22.3 Å². The monoisotopic (exact) mass is 293 g/mol. The van der Waals surface area contributed by atoms with Gasteiger partial charge in [-0.3, -0.25) is 0 Å². The van der Waals surface area contributed by atoms with Gasteiger partial charge in [0.25, 0.3) is 0 Å². The van der Waals surface area contributed by atoms with Gasteiger partial charge in [-0.2, -0.15) is 13.2 Å². The molecule has 0 spiro atoms. The average Bonchev–Trinajstić information content (AvgIpc) is 2.66. The highest BCUT2D eigenvalue weighted by atomic mass is 19.4. The van der Waals surface area contributed by atoms with Crippen LogP contribution in [0.3, 0.4) is 0 Å². The van der Waals surface area contributed by atoms with Gasteiger partial charge in [0.05, 0.1) is 13.2 Å². The first-order chi connectivity index (χ1) is 9.28. The molecule has 0 radical (unpaired) electrons. The fourth-order valence-corrected chi connectivity index (χ4v) is 1.68. The van der Waals surface area contributed by atoms with Crippen LogP contribution >= 0.6 is 0 Å². The molecule has 116 valence electrons. The summed E-state index contributed by atoms with van der Waals surface area (Å²) < 4.78 is 46.6. The van der Waals surface area contributed by atoms with Gasteiger partial charge in [0, 0.05) is 24.6 Å². The van der Waals surface area contributed by atoms with E-state index in [0.717, 1.165) is 17.1 Å². The Morgan fingerprint density at radius 2 is 2.05 bits per heavy atom. The number of hydrogen-bond donors (Lipinski definition) is 1. The number of furan rings is 1.